The van der Waals surface area contributed by atoms with Gasteiger partial charge in [-0.15, -0.1) is 0 Å². The summed E-state index contributed by atoms with van der Waals surface area (Å²) in [7, 11) is 0. The third-order valence-electron chi connectivity index (χ3n) is 3.90. The van der Waals surface area contributed by atoms with Crippen LogP contribution < -0.4 is 5.32 Å². The van der Waals surface area contributed by atoms with Gasteiger partial charge in [0.25, 0.3) is 0 Å². The first-order valence-corrected chi connectivity index (χ1v) is 8.51. The van der Waals surface area contributed by atoms with Gasteiger partial charge in [0.1, 0.15) is 0 Å². The van der Waals surface area contributed by atoms with Gasteiger partial charge in [-0.1, -0.05) is 0 Å². The van der Waals surface area contributed by atoms with Gasteiger partial charge in [0, 0.05) is 56.7 Å². The summed E-state index contributed by atoms with van der Waals surface area (Å²) >= 11 is 1.81. The van der Waals surface area contributed by atoms with Crippen LogP contribution in [0.3, 0.4) is 0 Å². The summed E-state index contributed by atoms with van der Waals surface area (Å²) in [5.41, 5.74) is 0. The van der Waals surface area contributed by atoms with Crippen LogP contribution >= 0.6 is 11.8 Å². The van der Waals surface area contributed by atoms with Crippen LogP contribution in [-0.2, 0) is 4.79 Å². The first kappa shape index (κ1) is 17.8. The molecule has 1 amide bonds. The predicted molar refractivity (Wildman–Crippen MR) is 77.7 cm³/mol. The van der Waals surface area contributed by atoms with Gasteiger partial charge in [-0.05, 0) is 0 Å². The van der Waals surface area contributed by atoms with Gasteiger partial charge in [0.05, 0.1) is 6.54 Å². The molecule has 0 aromatic rings. The molecule has 0 saturated carbocycles. The molecular formula is C13H21F4N3OS. The summed E-state index contributed by atoms with van der Waals surface area (Å²) in [5, 5.41) is 3.28. The van der Waals surface area contributed by atoms with Gasteiger partial charge >= 0.3 is 12.3 Å². The second kappa shape index (κ2) is 7.83. The van der Waals surface area contributed by atoms with Crippen molar-refractivity contribution in [2.75, 3.05) is 50.8 Å². The zero-order valence-corrected chi connectivity index (χ0v) is 13.1. The minimum Gasteiger partial charge on any atom is -0.340 e. The summed E-state index contributed by atoms with van der Waals surface area (Å²) in [6.07, 6.45) is -3.25. The maximum atomic E-state index is 13.0. The molecule has 2 heterocycles. The standard InChI is InChI=1S/C13H21F4N3OS/c14-12(15)13(16,17)9-19-2-4-20(5-3-19)11(21)7-10-8-22-6-1-18-10/h10,12,18H,1-9H2. The van der Waals surface area contributed by atoms with Crippen molar-refractivity contribution in [1.82, 2.24) is 15.1 Å². The molecule has 2 aliphatic rings. The fraction of sp³-hybridized carbons (Fsp3) is 0.923. The molecule has 0 aromatic carbocycles. The van der Waals surface area contributed by atoms with E-state index in [9.17, 15) is 22.4 Å². The molecule has 2 aliphatic heterocycles. The van der Waals surface area contributed by atoms with E-state index in [1.807, 2.05) is 0 Å². The predicted octanol–water partition coefficient (Wildman–Crippen LogP) is 1.13. The molecule has 2 rings (SSSR count). The molecule has 1 N–H and O–H groups in total. The average molecular weight is 343 g/mol. The van der Waals surface area contributed by atoms with Gasteiger partial charge in [0.2, 0.25) is 5.91 Å². The van der Waals surface area contributed by atoms with Crippen molar-refractivity contribution in [1.29, 1.82) is 0 Å². The number of alkyl halides is 4. The lowest BCUT2D eigenvalue weighted by Gasteiger charge is -2.37. The van der Waals surface area contributed by atoms with Crippen LogP contribution in [0.15, 0.2) is 0 Å². The summed E-state index contributed by atoms with van der Waals surface area (Å²) in [6.45, 7) is 0.991. The number of piperazine rings is 1. The lowest BCUT2D eigenvalue weighted by molar-refractivity contribution is -0.148. The highest BCUT2D eigenvalue weighted by atomic mass is 32.2. The Kier molecular flexibility index (Phi) is 6.34. The number of carbonyl (C=O) groups excluding carboxylic acids is 1. The van der Waals surface area contributed by atoms with E-state index in [0.717, 1.165) is 18.1 Å². The van der Waals surface area contributed by atoms with Crippen molar-refractivity contribution in [3.05, 3.63) is 0 Å². The maximum Gasteiger partial charge on any atom is 0.319 e. The summed E-state index contributed by atoms with van der Waals surface area (Å²) in [5.74, 6) is -2.05. The minimum atomic E-state index is -3.99. The van der Waals surface area contributed by atoms with Gasteiger partial charge in [-0.2, -0.15) is 20.5 Å². The Bertz CT molecular complexity index is 372. The van der Waals surface area contributed by atoms with Crippen LogP contribution in [0.5, 0.6) is 0 Å². The third kappa shape index (κ3) is 4.99. The van der Waals surface area contributed by atoms with Crippen LogP contribution in [0.1, 0.15) is 6.42 Å². The topological polar surface area (TPSA) is 35.6 Å². The Morgan fingerprint density at radius 3 is 2.50 bits per heavy atom. The molecule has 2 saturated heterocycles. The number of nitrogens with zero attached hydrogens (tertiary/aromatic N) is 2. The van der Waals surface area contributed by atoms with Gasteiger partial charge in [0.15, 0.2) is 0 Å². The van der Waals surface area contributed by atoms with Crippen LogP contribution in [0.4, 0.5) is 17.6 Å². The molecule has 0 aliphatic carbocycles. The van der Waals surface area contributed by atoms with E-state index >= 15 is 0 Å². The molecule has 9 heteroatoms. The number of halogens is 4. The highest BCUT2D eigenvalue weighted by Crippen LogP contribution is 2.24. The van der Waals surface area contributed by atoms with Crippen molar-refractivity contribution in [2.24, 2.45) is 0 Å². The lowest BCUT2D eigenvalue weighted by atomic mass is 10.2. The molecule has 128 valence electrons. The number of amides is 1. The van der Waals surface area contributed by atoms with Gasteiger partial charge in [-0.25, -0.2) is 8.78 Å². The Hall–Kier alpha value is -0.540. The van der Waals surface area contributed by atoms with Gasteiger partial charge < -0.3 is 10.2 Å². The summed E-state index contributed by atoms with van der Waals surface area (Å²) < 4.78 is 50.4. The number of rotatable bonds is 5. The Morgan fingerprint density at radius 1 is 1.27 bits per heavy atom. The van der Waals surface area contributed by atoms with Crippen molar-refractivity contribution < 1.29 is 22.4 Å². The molecule has 22 heavy (non-hydrogen) atoms. The Morgan fingerprint density at radius 2 is 1.95 bits per heavy atom. The first-order chi connectivity index (χ1) is 10.4. The quantitative estimate of drug-likeness (QED) is 0.759. The first-order valence-electron chi connectivity index (χ1n) is 7.36. The van der Waals surface area contributed by atoms with Crippen LogP contribution in [0.2, 0.25) is 0 Å². The molecule has 0 spiro atoms. The van der Waals surface area contributed by atoms with Crippen molar-refractivity contribution in [2.45, 2.75) is 24.8 Å². The van der Waals surface area contributed by atoms with E-state index < -0.39 is 18.9 Å². The third-order valence-corrected chi connectivity index (χ3v) is 5.03. The second-order valence-corrected chi connectivity index (χ2v) is 6.80. The minimum absolute atomic E-state index is 0.000250. The molecule has 4 nitrogen and oxygen atoms in total. The number of hydrogen-bond acceptors (Lipinski definition) is 4. The number of carbonyl (C=O) groups is 1. The fourth-order valence-corrected chi connectivity index (χ4v) is 3.56. The maximum absolute atomic E-state index is 13.0. The molecule has 1 unspecified atom stereocenters. The van der Waals surface area contributed by atoms with Crippen molar-refractivity contribution >= 4 is 17.7 Å². The van der Waals surface area contributed by atoms with Crippen molar-refractivity contribution in [3.63, 3.8) is 0 Å². The van der Waals surface area contributed by atoms with Crippen LogP contribution in [-0.4, -0.2) is 84.9 Å². The van der Waals surface area contributed by atoms with Crippen LogP contribution in [0, 0.1) is 0 Å². The monoisotopic (exact) mass is 343 g/mol. The van der Waals surface area contributed by atoms with Crippen molar-refractivity contribution in [3.8, 4) is 0 Å². The highest BCUT2D eigenvalue weighted by Gasteiger charge is 2.42. The molecular weight excluding hydrogens is 322 g/mol. The van der Waals surface area contributed by atoms with E-state index in [4.69, 9.17) is 0 Å². The lowest BCUT2D eigenvalue weighted by Crippen LogP contribution is -2.53. The van der Waals surface area contributed by atoms with E-state index in [0.29, 0.717) is 19.5 Å². The van der Waals surface area contributed by atoms with E-state index in [1.54, 1.807) is 16.7 Å². The summed E-state index contributed by atoms with van der Waals surface area (Å²) in [4.78, 5) is 15.1. The molecule has 1 atom stereocenters. The Labute approximate surface area is 131 Å². The highest BCUT2D eigenvalue weighted by molar-refractivity contribution is 7.99. The van der Waals surface area contributed by atoms with Gasteiger partial charge in [-0.3, -0.25) is 9.69 Å². The largest absolute Gasteiger partial charge is 0.340 e. The SMILES string of the molecule is O=C(CC1CSCCN1)N1CCN(CC(F)(F)C(F)F)CC1. The average Bonchev–Trinajstić information content (AvgIpc) is 2.48. The molecule has 0 radical (unpaired) electrons. The fourth-order valence-electron chi connectivity index (χ4n) is 2.61. The number of thioether (sulfide) groups is 1. The van der Waals surface area contributed by atoms with E-state index in [-0.39, 0.29) is 25.0 Å². The van der Waals surface area contributed by atoms with E-state index in [1.165, 1.54) is 4.90 Å². The van der Waals surface area contributed by atoms with Crippen LogP contribution in [0.25, 0.3) is 0 Å². The number of hydrogen-bond donors (Lipinski definition) is 1. The zero-order valence-electron chi connectivity index (χ0n) is 12.2. The smallest absolute Gasteiger partial charge is 0.319 e. The van der Waals surface area contributed by atoms with E-state index in [2.05, 4.69) is 5.32 Å². The molecule has 2 fully saturated rings. The normalized spacial score (nSPS) is 24.8. The number of nitrogens with one attached hydrogen (secondary N) is 1. The second-order valence-electron chi connectivity index (χ2n) is 5.65. The molecule has 0 aromatic heterocycles. The zero-order chi connectivity index (χ0) is 16.2. The Balaban J connectivity index is 1.73. The summed E-state index contributed by atoms with van der Waals surface area (Å²) in [6, 6.07) is 0.160. The molecule has 0 bridgehead atoms.